The first-order valence-corrected chi connectivity index (χ1v) is 9.44. The largest absolute Gasteiger partial charge is 0.493 e. The van der Waals surface area contributed by atoms with E-state index in [1.807, 2.05) is 36.4 Å². The van der Waals surface area contributed by atoms with Crippen molar-refractivity contribution in [3.8, 4) is 16.9 Å². The number of hydrogen-bond donors (Lipinski definition) is 1. The van der Waals surface area contributed by atoms with E-state index in [1.165, 1.54) is 0 Å². The van der Waals surface area contributed by atoms with Crippen LogP contribution in [0.5, 0.6) is 5.75 Å². The summed E-state index contributed by atoms with van der Waals surface area (Å²) in [6, 6.07) is 14.7. The highest BCUT2D eigenvalue weighted by atomic mass is 19.1. The van der Waals surface area contributed by atoms with Gasteiger partial charge in [0, 0.05) is 6.54 Å². The second kappa shape index (κ2) is 9.00. The Morgan fingerprint density at radius 3 is 2.19 bits per heavy atom. The molecule has 1 saturated heterocycles. The monoisotopic (exact) mass is 371 g/mol. The van der Waals surface area contributed by atoms with Crippen molar-refractivity contribution in [1.29, 1.82) is 0 Å². The van der Waals surface area contributed by atoms with Gasteiger partial charge in [-0.05, 0) is 74.2 Å². The number of hydrogen-bond acceptors (Lipinski definition) is 3. The molecular formula is C22H26FNO3. The van der Waals surface area contributed by atoms with Crippen LogP contribution in [-0.2, 0) is 0 Å². The Morgan fingerprint density at radius 1 is 1.11 bits per heavy atom. The molecule has 0 bridgehead atoms. The number of piperidine rings is 1. The zero-order chi connectivity index (χ0) is 19.2. The summed E-state index contributed by atoms with van der Waals surface area (Å²) in [7, 11) is 0. The van der Waals surface area contributed by atoms with Crippen molar-refractivity contribution < 1.29 is 19.0 Å². The van der Waals surface area contributed by atoms with Crippen molar-refractivity contribution in [3.05, 3.63) is 54.1 Å². The maximum absolute atomic E-state index is 13.1. The quantitative estimate of drug-likeness (QED) is 0.778. The van der Waals surface area contributed by atoms with Crippen LogP contribution in [0.15, 0.2) is 48.5 Å². The number of benzene rings is 2. The number of nitrogens with zero attached hydrogens (tertiary/aromatic N) is 1. The molecule has 1 N–H and O–H groups in total. The number of carboxylic acid groups (broad SMARTS) is 1. The second-order valence-electron chi connectivity index (χ2n) is 7.24. The van der Waals surface area contributed by atoms with Gasteiger partial charge in [-0.3, -0.25) is 0 Å². The third kappa shape index (κ3) is 5.54. The van der Waals surface area contributed by atoms with E-state index in [0.717, 1.165) is 42.8 Å². The van der Waals surface area contributed by atoms with Gasteiger partial charge in [-0.25, -0.2) is 9.18 Å². The molecule has 1 aliphatic rings. The predicted molar refractivity (Wildman–Crippen MR) is 104 cm³/mol. The van der Waals surface area contributed by atoms with Gasteiger partial charge in [0.15, 0.2) is 0 Å². The highest BCUT2D eigenvalue weighted by molar-refractivity contribution is 5.88. The Balaban J connectivity index is 1.49. The fourth-order valence-corrected chi connectivity index (χ4v) is 3.45. The molecule has 0 saturated carbocycles. The molecule has 0 aromatic heterocycles. The summed E-state index contributed by atoms with van der Waals surface area (Å²) in [6.07, 6.45) is 1.32. The molecule has 0 radical (unpaired) electrons. The fraction of sp³-hybridized carbons (Fsp3) is 0.409. The van der Waals surface area contributed by atoms with Crippen molar-refractivity contribution >= 4 is 5.97 Å². The number of carbonyl (C=O) groups is 1. The first-order chi connectivity index (χ1) is 13.0. The van der Waals surface area contributed by atoms with Crippen LogP contribution in [-0.4, -0.2) is 48.4 Å². The zero-order valence-electron chi connectivity index (χ0n) is 15.6. The van der Waals surface area contributed by atoms with Gasteiger partial charge in [0.2, 0.25) is 0 Å². The molecule has 1 atom stereocenters. The first kappa shape index (κ1) is 19.4. The summed E-state index contributed by atoms with van der Waals surface area (Å²) in [6.45, 7) is 4.70. The molecular weight excluding hydrogens is 345 g/mol. The summed E-state index contributed by atoms with van der Waals surface area (Å²) in [5.41, 5.74) is 2.28. The van der Waals surface area contributed by atoms with E-state index in [-0.39, 0.29) is 5.56 Å². The van der Waals surface area contributed by atoms with Gasteiger partial charge in [-0.1, -0.05) is 24.3 Å². The minimum absolute atomic E-state index is 0.283. The molecule has 5 heteroatoms. The smallest absolute Gasteiger partial charge is 0.335 e. The van der Waals surface area contributed by atoms with E-state index < -0.39 is 12.1 Å². The number of carboxylic acids is 1. The third-order valence-electron chi connectivity index (χ3n) is 5.02. The normalized spacial score (nSPS) is 16.8. The highest BCUT2D eigenvalue weighted by Crippen LogP contribution is 2.24. The van der Waals surface area contributed by atoms with Gasteiger partial charge >= 0.3 is 5.97 Å². The van der Waals surface area contributed by atoms with Crippen molar-refractivity contribution in [1.82, 2.24) is 4.90 Å². The summed E-state index contributed by atoms with van der Waals surface area (Å²) in [4.78, 5) is 13.1. The Bertz CT molecular complexity index is 735. The molecule has 3 rings (SSSR count). The van der Waals surface area contributed by atoms with Crippen molar-refractivity contribution in [2.75, 3.05) is 26.2 Å². The van der Waals surface area contributed by atoms with Crippen LogP contribution < -0.4 is 4.74 Å². The third-order valence-corrected chi connectivity index (χ3v) is 5.02. The van der Waals surface area contributed by atoms with Gasteiger partial charge in [-0.2, -0.15) is 0 Å². The lowest BCUT2D eigenvalue weighted by Gasteiger charge is -2.32. The fourth-order valence-electron chi connectivity index (χ4n) is 3.45. The summed E-state index contributed by atoms with van der Waals surface area (Å²) >= 11 is 0. The summed E-state index contributed by atoms with van der Waals surface area (Å²) in [5, 5.41) is 8.97. The van der Waals surface area contributed by atoms with Crippen LogP contribution in [0.3, 0.4) is 0 Å². The molecule has 0 amide bonds. The number of rotatable bonds is 7. The molecule has 0 aliphatic carbocycles. The van der Waals surface area contributed by atoms with Crippen molar-refractivity contribution in [2.45, 2.75) is 25.9 Å². The molecule has 27 heavy (non-hydrogen) atoms. The number of alkyl halides is 1. The predicted octanol–water partition coefficient (Wildman–Crippen LogP) is 4.50. The maximum Gasteiger partial charge on any atom is 0.335 e. The van der Waals surface area contributed by atoms with Gasteiger partial charge in [0.25, 0.3) is 0 Å². The molecule has 2 aromatic carbocycles. The topological polar surface area (TPSA) is 49.8 Å². The van der Waals surface area contributed by atoms with Crippen LogP contribution in [0.2, 0.25) is 0 Å². The number of ether oxygens (including phenoxy) is 1. The SMILES string of the molecule is CC(F)CN1CCC(COc2ccc(-c3ccc(C(=O)O)cc3)cc2)CC1. The van der Waals surface area contributed by atoms with Crippen molar-refractivity contribution in [2.24, 2.45) is 5.92 Å². The van der Waals surface area contributed by atoms with Gasteiger partial charge < -0.3 is 14.7 Å². The average molecular weight is 371 g/mol. The first-order valence-electron chi connectivity index (χ1n) is 9.44. The van der Waals surface area contributed by atoms with Crippen LogP contribution in [0.4, 0.5) is 4.39 Å². The van der Waals surface area contributed by atoms with Crippen LogP contribution in [0, 0.1) is 5.92 Å². The van der Waals surface area contributed by atoms with Gasteiger partial charge in [0.1, 0.15) is 11.9 Å². The molecule has 2 aromatic rings. The average Bonchev–Trinajstić information content (AvgIpc) is 2.67. The lowest BCUT2D eigenvalue weighted by Crippen LogP contribution is -2.38. The Morgan fingerprint density at radius 2 is 1.67 bits per heavy atom. The Hall–Kier alpha value is -2.40. The van der Waals surface area contributed by atoms with Crippen LogP contribution >= 0.6 is 0 Å². The number of aromatic carboxylic acids is 1. The highest BCUT2D eigenvalue weighted by Gasteiger charge is 2.20. The van der Waals surface area contributed by atoms with Crippen LogP contribution in [0.25, 0.3) is 11.1 Å². The Kier molecular flexibility index (Phi) is 6.45. The van der Waals surface area contributed by atoms with E-state index in [9.17, 15) is 9.18 Å². The summed E-state index contributed by atoms with van der Waals surface area (Å²) in [5.74, 6) is 0.426. The minimum Gasteiger partial charge on any atom is -0.493 e. The molecule has 1 aliphatic heterocycles. The molecule has 1 fully saturated rings. The summed E-state index contributed by atoms with van der Waals surface area (Å²) < 4.78 is 19.0. The lowest BCUT2D eigenvalue weighted by molar-refractivity contribution is 0.0697. The van der Waals surface area contributed by atoms with Gasteiger partial charge in [-0.15, -0.1) is 0 Å². The molecule has 144 valence electrons. The zero-order valence-corrected chi connectivity index (χ0v) is 15.6. The standard InChI is InChI=1S/C22H26FNO3/c1-16(23)14-24-12-10-17(11-13-24)15-27-21-8-6-19(7-9-21)18-2-4-20(5-3-18)22(25)26/h2-9,16-17H,10-15H2,1H3,(H,25,26). The Labute approximate surface area is 159 Å². The van der Waals surface area contributed by atoms with E-state index >= 15 is 0 Å². The lowest BCUT2D eigenvalue weighted by atomic mass is 9.97. The van der Waals surface area contributed by atoms with E-state index in [1.54, 1.807) is 19.1 Å². The molecule has 4 nitrogen and oxygen atoms in total. The molecule has 0 spiro atoms. The van der Waals surface area contributed by atoms with E-state index in [0.29, 0.717) is 19.1 Å². The number of halogens is 1. The van der Waals surface area contributed by atoms with Crippen molar-refractivity contribution in [3.63, 3.8) is 0 Å². The maximum atomic E-state index is 13.1. The number of likely N-dealkylation sites (tertiary alicyclic amines) is 1. The minimum atomic E-state index is -0.921. The van der Waals surface area contributed by atoms with E-state index in [4.69, 9.17) is 9.84 Å². The van der Waals surface area contributed by atoms with Gasteiger partial charge in [0.05, 0.1) is 12.2 Å². The van der Waals surface area contributed by atoms with Crippen LogP contribution in [0.1, 0.15) is 30.1 Å². The second-order valence-corrected chi connectivity index (χ2v) is 7.24. The molecule has 1 heterocycles. The molecule has 1 unspecified atom stereocenters. The van der Waals surface area contributed by atoms with E-state index in [2.05, 4.69) is 4.90 Å².